The van der Waals surface area contributed by atoms with Crippen molar-refractivity contribution in [2.45, 2.75) is 16.6 Å². The first-order chi connectivity index (χ1) is 15.4. The Morgan fingerprint density at radius 3 is 2.21 bits per heavy atom. The SMILES string of the molecule is CN(C)CCCOC1=NN(c2ccccc2)C[C@@H]1S(=O)(=O)c1ccc(Cl)cc1.CS(=O)(=O)O. The molecule has 0 radical (unpaired) electrons. The Balaban J connectivity index is 0.000000696. The fourth-order valence-electron chi connectivity index (χ4n) is 2.92. The van der Waals surface area contributed by atoms with Gasteiger partial charge in [-0.3, -0.25) is 9.56 Å². The third-order valence-corrected chi connectivity index (χ3v) is 6.69. The van der Waals surface area contributed by atoms with Crippen LogP contribution >= 0.6 is 11.6 Å². The molecule has 0 spiro atoms. The van der Waals surface area contributed by atoms with Crippen LogP contribution in [0.15, 0.2) is 64.6 Å². The van der Waals surface area contributed by atoms with Crippen molar-refractivity contribution in [2.75, 3.05) is 45.1 Å². The van der Waals surface area contributed by atoms with E-state index in [2.05, 4.69) is 10.0 Å². The number of hydrazone groups is 1. The first-order valence-electron chi connectivity index (χ1n) is 9.98. The fourth-order valence-corrected chi connectivity index (χ4v) is 4.61. The van der Waals surface area contributed by atoms with E-state index in [1.165, 1.54) is 12.1 Å². The van der Waals surface area contributed by atoms with Crippen LogP contribution in [-0.4, -0.2) is 77.5 Å². The maximum absolute atomic E-state index is 13.2. The van der Waals surface area contributed by atoms with Crippen LogP contribution in [-0.2, 0) is 24.7 Å². The minimum absolute atomic E-state index is 0.206. The van der Waals surface area contributed by atoms with Crippen molar-refractivity contribution in [3.8, 4) is 0 Å². The van der Waals surface area contributed by atoms with E-state index in [4.69, 9.17) is 20.9 Å². The molecule has 1 heterocycles. The monoisotopic (exact) mass is 517 g/mol. The van der Waals surface area contributed by atoms with Crippen LogP contribution in [0.25, 0.3) is 0 Å². The van der Waals surface area contributed by atoms with Crippen molar-refractivity contribution in [2.24, 2.45) is 5.10 Å². The molecule has 1 aliphatic rings. The summed E-state index contributed by atoms with van der Waals surface area (Å²) in [7, 11) is -3.36. The van der Waals surface area contributed by atoms with Gasteiger partial charge in [-0.15, -0.1) is 5.10 Å². The van der Waals surface area contributed by atoms with Gasteiger partial charge in [0.1, 0.15) is 0 Å². The van der Waals surface area contributed by atoms with E-state index in [1.54, 1.807) is 17.1 Å². The van der Waals surface area contributed by atoms with Gasteiger partial charge in [-0.1, -0.05) is 29.8 Å². The molecule has 9 nitrogen and oxygen atoms in total. The number of hydrogen-bond donors (Lipinski definition) is 1. The standard InChI is InChI=1S/C20H24ClN3O3S.CH4O3S/c1-23(2)13-6-14-27-20-19(15-24(22-20)17-7-4-3-5-8-17)28(25,26)18-11-9-16(21)10-12-18;1-5(2,3)4/h3-5,7-12,19H,6,13-15H2,1-2H3;1H3,(H,2,3,4)/t19-;/m0./s1. The van der Waals surface area contributed by atoms with E-state index in [-0.39, 0.29) is 17.3 Å². The Bertz CT molecular complexity index is 1130. The molecule has 0 fully saturated rings. The average molecular weight is 518 g/mol. The highest BCUT2D eigenvalue weighted by molar-refractivity contribution is 7.92. The van der Waals surface area contributed by atoms with Crippen molar-refractivity contribution in [3.05, 3.63) is 59.6 Å². The number of rotatable bonds is 7. The van der Waals surface area contributed by atoms with E-state index >= 15 is 0 Å². The number of para-hydroxylation sites is 1. The van der Waals surface area contributed by atoms with Crippen LogP contribution in [0.5, 0.6) is 0 Å². The minimum atomic E-state index is -3.67. The van der Waals surface area contributed by atoms with E-state index < -0.39 is 25.2 Å². The molecule has 182 valence electrons. The predicted molar refractivity (Wildman–Crippen MR) is 130 cm³/mol. The van der Waals surface area contributed by atoms with Crippen molar-refractivity contribution >= 4 is 43.1 Å². The lowest BCUT2D eigenvalue weighted by atomic mass is 10.3. The number of ether oxygens (including phenoxy) is 1. The smallest absolute Gasteiger partial charge is 0.261 e. The van der Waals surface area contributed by atoms with Gasteiger partial charge in [-0.25, -0.2) is 8.42 Å². The third kappa shape index (κ3) is 8.94. The molecule has 0 unspecified atom stereocenters. The molecular weight excluding hydrogens is 490 g/mol. The van der Waals surface area contributed by atoms with E-state index in [0.29, 0.717) is 17.9 Å². The zero-order valence-electron chi connectivity index (χ0n) is 18.6. The quantitative estimate of drug-likeness (QED) is 0.440. The molecule has 0 saturated carbocycles. The summed E-state index contributed by atoms with van der Waals surface area (Å²) in [6.45, 7) is 1.47. The molecule has 1 N–H and O–H groups in total. The highest BCUT2D eigenvalue weighted by Gasteiger charge is 2.40. The summed E-state index contributed by atoms with van der Waals surface area (Å²) in [5.74, 6) is 0.234. The predicted octanol–water partition coefficient (Wildman–Crippen LogP) is 2.79. The first kappa shape index (κ1) is 27.1. The van der Waals surface area contributed by atoms with Gasteiger partial charge in [-0.2, -0.15) is 8.42 Å². The van der Waals surface area contributed by atoms with Crippen molar-refractivity contribution in [3.63, 3.8) is 0 Å². The van der Waals surface area contributed by atoms with Crippen molar-refractivity contribution < 1.29 is 26.1 Å². The summed E-state index contributed by atoms with van der Waals surface area (Å²) in [6, 6.07) is 15.7. The van der Waals surface area contributed by atoms with Crippen LogP contribution in [0, 0.1) is 0 Å². The number of hydrogen-bond acceptors (Lipinski definition) is 8. The van der Waals surface area contributed by atoms with E-state index in [1.807, 2.05) is 44.4 Å². The van der Waals surface area contributed by atoms with Gasteiger partial charge in [0, 0.05) is 11.6 Å². The maximum atomic E-state index is 13.2. The summed E-state index contributed by atoms with van der Waals surface area (Å²) in [5.41, 5.74) is 0.825. The molecule has 0 aromatic heterocycles. The molecule has 0 amide bonds. The Kier molecular flexibility index (Phi) is 9.68. The number of nitrogens with zero attached hydrogens (tertiary/aromatic N) is 3. The van der Waals surface area contributed by atoms with E-state index in [0.717, 1.165) is 18.7 Å². The van der Waals surface area contributed by atoms with Gasteiger partial charge in [0.05, 0.1) is 30.0 Å². The zero-order chi connectivity index (χ0) is 24.6. The van der Waals surface area contributed by atoms with Crippen LogP contribution in [0.3, 0.4) is 0 Å². The normalized spacial score (nSPS) is 16.2. The van der Waals surface area contributed by atoms with Crippen LogP contribution in [0.4, 0.5) is 5.69 Å². The molecule has 33 heavy (non-hydrogen) atoms. The maximum Gasteiger partial charge on any atom is 0.261 e. The molecular formula is C21H28ClN3O6S2. The number of halogens is 1. The molecule has 0 bridgehead atoms. The minimum Gasteiger partial charge on any atom is -0.479 e. The van der Waals surface area contributed by atoms with Crippen LogP contribution < -0.4 is 5.01 Å². The van der Waals surface area contributed by atoms with Crippen LogP contribution in [0.2, 0.25) is 5.02 Å². The van der Waals surface area contributed by atoms with Crippen molar-refractivity contribution in [1.29, 1.82) is 0 Å². The number of benzene rings is 2. The second-order valence-corrected chi connectivity index (χ2v) is 11.6. The lowest BCUT2D eigenvalue weighted by Crippen LogP contribution is -2.34. The first-order valence-corrected chi connectivity index (χ1v) is 13.8. The second kappa shape index (κ2) is 11.8. The Hall–Kier alpha value is -2.18. The molecule has 1 aliphatic heterocycles. The van der Waals surface area contributed by atoms with Gasteiger partial charge >= 0.3 is 0 Å². The van der Waals surface area contributed by atoms with E-state index in [9.17, 15) is 16.8 Å². The average Bonchev–Trinajstić information content (AvgIpc) is 3.16. The second-order valence-electron chi connectivity index (χ2n) is 7.58. The van der Waals surface area contributed by atoms with Crippen LogP contribution in [0.1, 0.15) is 6.42 Å². The lowest BCUT2D eigenvalue weighted by molar-refractivity contribution is 0.267. The summed E-state index contributed by atoms with van der Waals surface area (Å²) in [5, 5.41) is 5.78. The largest absolute Gasteiger partial charge is 0.479 e. The highest BCUT2D eigenvalue weighted by atomic mass is 35.5. The Morgan fingerprint density at radius 2 is 1.67 bits per heavy atom. The molecule has 2 aromatic rings. The number of sulfone groups is 1. The Morgan fingerprint density at radius 1 is 1.09 bits per heavy atom. The molecule has 0 aliphatic carbocycles. The van der Waals surface area contributed by atoms with Crippen molar-refractivity contribution in [1.82, 2.24) is 4.90 Å². The number of anilines is 1. The van der Waals surface area contributed by atoms with Gasteiger partial charge in [-0.05, 0) is 56.9 Å². The van der Waals surface area contributed by atoms with Gasteiger partial charge in [0.25, 0.3) is 10.1 Å². The molecule has 2 aromatic carbocycles. The zero-order valence-corrected chi connectivity index (χ0v) is 21.0. The lowest BCUT2D eigenvalue weighted by Gasteiger charge is -2.16. The van der Waals surface area contributed by atoms with Gasteiger partial charge < -0.3 is 9.64 Å². The van der Waals surface area contributed by atoms with Gasteiger partial charge in [0.2, 0.25) is 5.90 Å². The molecule has 0 saturated heterocycles. The van der Waals surface area contributed by atoms with Gasteiger partial charge in [0.15, 0.2) is 15.1 Å². The molecule has 12 heteroatoms. The third-order valence-electron chi connectivity index (χ3n) is 4.40. The molecule has 3 rings (SSSR count). The summed E-state index contributed by atoms with van der Waals surface area (Å²) in [4.78, 5) is 2.26. The summed E-state index contributed by atoms with van der Waals surface area (Å²) < 4.78 is 58.2. The highest BCUT2D eigenvalue weighted by Crippen LogP contribution is 2.27. The fraction of sp³-hybridized carbons (Fsp3) is 0.381. The summed E-state index contributed by atoms with van der Waals surface area (Å²) in [6.07, 6.45) is 1.50. The Labute approximate surface area is 200 Å². The topological polar surface area (TPSA) is 117 Å². The summed E-state index contributed by atoms with van der Waals surface area (Å²) >= 11 is 5.91. The molecule has 1 atom stereocenters.